The highest BCUT2D eigenvalue weighted by Crippen LogP contribution is 2.04. The van der Waals surface area contributed by atoms with Crippen molar-refractivity contribution in [2.75, 3.05) is 0 Å². The lowest BCUT2D eigenvalue weighted by Crippen LogP contribution is -2.23. The zero-order valence-corrected chi connectivity index (χ0v) is 10.5. The summed E-state index contributed by atoms with van der Waals surface area (Å²) in [6, 6.07) is 7.94. The molecule has 0 atom stereocenters. The van der Waals surface area contributed by atoms with Crippen LogP contribution in [0.2, 0.25) is 0 Å². The first-order valence-electron chi connectivity index (χ1n) is 5.90. The summed E-state index contributed by atoms with van der Waals surface area (Å²) in [7, 11) is 0. The lowest BCUT2D eigenvalue weighted by atomic mass is 10.1. The van der Waals surface area contributed by atoms with Crippen molar-refractivity contribution in [3.8, 4) is 0 Å². The summed E-state index contributed by atoms with van der Waals surface area (Å²) in [5.74, 6) is -0.00486. The van der Waals surface area contributed by atoms with Crippen molar-refractivity contribution in [1.29, 1.82) is 0 Å². The third-order valence-electron chi connectivity index (χ3n) is 2.58. The summed E-state index contributed by atoms with van der Waals surface area (Å²) in [6.45, 7) is 4.95. The SMILES string of the molecule is CC/C=C(/C)C(=O)NCc1ccc(CN)cc1. The molecule has 92 valence electrons. The molecule has 0 spiro atoms. The number of benzene rings is 1. The minimum absolute atomic E-state index is 0.00486. The topological polar surface area (TPSA) is 55.1 Å². The molecular weight excluding hydrogens is 212 g/mol. The number of carbonyl (C=O) groups excluding carboxylic acids is 1. The zero-order valence-electron chi connectivity index (χ0n) is 10.5. The lowest BCUT2D eigenvalue weighted by molar-refractivity contribution is -0.117. The highest BCUT2D eigenvalue weighted by molar-refractivity contribution is 5.92. The van der Waals surface area contributed by atoms with E-state index in [1.54, 1.807) is 0 Å². The first-order valence-corrected chi connectivity index (χ1v) is 5.90. The first kappa shape index (κ1) is 13.5. The highest BCUT2D eigenvalue weighted by atomic mass is 16.1. The van der Waals surface area contributed by atoms with Gasteiger partial charge < -0.3 is 11.1 Å². The maximum absolute atomic E-state index is 11.6. The summed E-state index contributed by atoms with van der Waals surface area (Å²) >= 11 is 0. The van der Waals surface area contributed by atoms with Gasteiger partial charge in [0.1, 0.15) is 0 Å². The molecule has 0 saturated carbocycles. The van der Waals surface area contributed by atoms with Crippen LogP contribution in [0.1, 0.15) is 31.4 Å². The van der Waals surface area contributed by atoms with Crippen molar-refractivity contribution in [2.45, 2.75) is 33.4 Å². The van der Waals surface area contributed by atoms with Crippen molar-refractivity contribution in [1.82, 2.24) is 5.32 Å². The van der Waals surface area contributed by atoms with Crippen LogP contribution in [-0.4, -0.2) is 5.91 Å². The Labute approximate surface area is 103 Å². The normalized spacial score (nSPS) is 11.4. The van der Waals surface area contributed by atoms with Gasteiger partial charge in [0.25, 0.3) is 0 Å². The molecule has 1 rings (SSSR count). The number of allylic oxidation sites excluding steroid dienone is 1. The van der Waals surface area contributed by atoms with Crippen LogP contribution in [0.3, 0.4) is 0 Å². The predicted octanol–water partition coefficient (Wildman–Crippen LogP) is 2.12. The standard InChI is InChI=1S/C14H20N2O/c1-3-4-11(2)14(17)16-10-13-7-5-12(9-15)6-8-13/h4-8H,3,9-10,15H2,1-2H3,(H,16,17)/b11-4-. The molecule has 0 aromatic heterocycles. The number of nitrogens with two attached hydrogens (primary N) is 1. The van der Waals surface area contributed by atoms with E-state index in [0.717, 1.165) is 23.1 Å². The summed E-state index contributed by atoms with van der Waals surface area (Å²) in [5.41, 5.74) is 8.47. The fourth-order valence-electron chi connectivity index (χ4n) is 1.51. The molecule has 0 radical (unpaired) electrons. The number of amides is 1. The van der Waals surface area contributed by atoms with E-state index in [1.807, 2.05) is 44.2 Å². The predicted molar refractivity (Wildman–Crippen MR) is 70.2 cm³/mol. The van der Waals surface area contributed by atoms with Crippen molar-refractivity contribution in [2.24, 2.45) is 5.73 Å². The van der Waals surface area contributed by atoms with Gasteiger partial charge in [0.15, 0.2) is 0 Å². The smallest absolute Gasteiger partial charge is 0.246 e. The number of rotatable bonds is 5. The largest absolute Gasteiger partial charge is 0.348 e. The fourth-order valence-corrected chi connectivity index (χ4v) is 1.51. The summed E-state index contributed by atoms with van der Waals surface area (Å²) < 4.78 is 0. The van der Waals surface area contributed by atoms with Crippen LogP contribution < -0.4 is 11.1 Å². The Morgan fingerprint density at radius 3 is 2.41 bits per heavy atom. The molecule has 0 aliphatic rings. The number of carbonyl (C=O) groups is 1. The molecule has 0 saturated heterocycles. The molecule has 0 bridgehead atoms. The Morgan fingerprint density at radius 1 is 1.29 bits per heavy atom. The van der Waals surface area contributed by atoms with E-state index in [2.05, 4.69) is 5.32 Å². The van der Waals surface area contributed by atoms with Gasteiger partial charge in [0.2, 0.25) is 5.91 Å². The van der Waals surface area contributed by atoms with Crippen LogP contribution in [0.5, 0.6) is 0 Å². The second-order valence-electron chi connectivity index (χ2n) is 4.00. The Hall–Kier alpha value is -1.61. The van der Waals surface area contributed by atoms with Gasteiger partial charge in [-0.25, -0.2) is 0 Å². The molecular formula is C14H20N2O. The van der Waals surface area contributed by atoms with Crippen LogP contribution in [-0.2, 0) is 17.9 Å². The Balaban J connectivity index is 2.50. The molecule has 1 amide bonds. The molecule has 3 N–H and O–H groups in total. The minimum atomic E-state index is -0.00486. The third kappa shape index (κ3) is 4.41. The molecule has 0 aliphatic heterocycles. The zero-order chi connectivity index (χ0) is 12.7. The Kier molecular flexibility index (Phi) is 5.43. The second kappa shape index (κ2) is 6.86. The van der Waals surface area contributed by atoms with Crippen molar-refractivity contribution < 1.29 is 4.79 Å². The maximum Gasteiger partial charge on any atom is 0.246 e. The molecule has 3 heteroatoms. The van der Waals surface area contributed by atoms with Crippen LogP contribution >= 0.6 is 0 Å². The number of hydrogen-bond donors (Lipinski definition) is 2. The van der Waals surface area contributed by atoms with Gasteiger partial charge in [-0.2, -0.15) is 0 Å². The van der Waals surface area contributed by atoms with E-state index in [9.17, 15) is 4.79 Å². The van der Waals surface area contributed by atoms with E-state index in [1.165, 1.54) is 0 Å². The highest BCUT2D eigenvalue weighted by Gasteiger charge is 2.02. The number of hydrogen-bond acceptors (Lipinski definition) is 2. The van der Waals surface area contributed by atoms with Crippen LogP contribution in [0.15, 0.2) is 35.9 Å². The van der Waals surface area contributed by atoms with E-state index < -0.39 is 0 Å². The molecule has 17 heavy (non-hydrogen) atoms. The first-order chi connectivity index (χ1) is 8.17. The van der Waals surface area contributed by atoms with Gasteiger partial charge in [0.05, 0.1) is 0 Å². The quantitative estimate of drug-likeness (QED) is 0.764. The maximum atomic E-state index is 11.6. The van der Waals surface area contributed by atoms with Gasteiger partial charge in [-0.1, -0.05) is 37.3 Å². The summed E-state index contributed by atoms with van der Waals surface area (Å²) in [4.78, 5) is 11.6. The molecule has 0 fully saturated rings. The van der Waals surface area contributed by atoms with Crippen molar-refractivity contribution in [3.63, 3.8) is 0 Å². The van der Waals surface area contributed by atoms with E-state index in [0.29, 0.717) is 13.1 Å². The second-order valence-corrected chi connectivity index (χ2v) is 4.00. The molecule has 3 nitrogen and oxygen atoms in total. The van der Waals surface area contributed by atoms with Gasteiger partial charge in [-0.05, 0) is 24.5 Å². The summed E-state index contributed by atoms with van der Waals surface area (Å²) in [6.07, 6.45) is 2.80. The van der Waals surface area contributed by atoms with E-state index in [4.69, 9.17) is 5.73 Å². The van der Waals surface area contributed by atoms with Crippen LogP contribution in [0.25, 0.3) is 0 Å². The Morgan fingerprint density at radius 2 is 1.88 bits per heavy atom. The van der Waals surface area contributed by atoms with Crippen molar-refractivity contribution in [3.05, 3.63) is 47.0 Å². The molecule has 0 aliphatic carbocycles. The monoisotopic (exact) mass is 232 g/mol. The lowest BCUT2D eigenvalue weighted by Gasteiger charge is -2.06. The number of nitrogens with one attached hydrogen (secondary N) is 1. The molecule has 1 aromatic rings. The third-order valence-corrected chi connectivity index (χ3v) is 2.58. The average molecular weight is 232 g/mol. The van der Waals surface area contributed by atoms with E-state index >= 15 is 0 Å². The van der Waals surface area contributed by atoms with Gasteiger partial charge in [-0.15, -0.1) is 0 Å². The van der Waals surface area contributed by atoms with Crippen LogP contribution in [0.4, 0.5) is 0 Å². The van der Waals surface area contributed by atoms with E-state index in [-0.39, 0.29) is 5.91 Å². The van der Waals surface area contributed by atoms with Crippen LogP contribution in [0, 0.1) is 0 Å². The molecule has 1 aromatic carbocycles. The Bertz CT molecular complexity index is 393. The van der Waals surface area contributed by atoms with Gasteiger partial charge in [-0.3, -0.25) is 4.79 Å². The molecule has 0 heterocycles. The molecule has 0 unspecified atom stereocenters. The fraction of sp³-hybridized carbons (Fsp3) is 0.357. The van der Waals surface area contributed by atoms with Gasteiger partial charge >= 0.3 is 0 Å². The van der Waals surface area contributed by atoms with Gasteiger partial charge in [0, 0.05) is 18.7 Å². The van der Waals surface area contributed by atoms with Crippen molar-refractivity contribution >= 4 is 5.91 Å². The summed E-state index contributed by atoms with van der Waals surface area (Å²) in [5, 5.41) is 2.88. The minimum Gasteiger partial charge on any atom is -0.348 e. The average Bonchev–Trinajstić information content (AvgIpc) is 2.36.